The van der Waals surface area contributed by atoms with Crippen LogP contribution < -0.4 is 5.32 Å². The molecule has 0 radical (unpaired) electrons. The van der Waals surface area contributed by atoms with Gasteiger partial charge in [-0.25, -0.2) is 4.98 Å². The molecule has 1 unspecified atom stereocenters. The molecule has 0 aliphatic carbocycles. The molecule has 1 aromatic rings. The molecule has 0 aromatic carbocycles. The van der Waals surface area contributed by atoms with Gasteiger partial charge in [0.1, 0.15) is 5.01 Å². The number of rotatable bonds is 6. The summed E-state index contributed by atoms with van der Waals surface area (Å²) in [4.78, 5) is 16.6. The van der Waals surface area contributed by atoms with Crippen LogP contribution in [0.15, 0.2) is 5.38 Å². The standard InChI is InChI=1S/C11H16F3N3O2S/c1-15-9(19)3-10-16-7(6-20-10)4-17(2)5-8(18)11(12,13)14/h6,8,18H,3-5H2,1-2H3,(H,15,19). The minimum atomic E-state index is -4.62. The van der Waals surface area contributed by atoms with E-state index < -0.39 is 18.8 Å². The summed E-state index contributed by atoms with van der Waals surface area (Å²) in [7, 11) is 2.98. The van der Waals surface area contributed by atoms with Gasteiger partial charge in [-0.05, 0) is 7.05 Å². The molecule has 114 valence electrons. The molecule has 5 nitrogen and oxygen atoms in total. The second-order valence-corrected chi connectivity index (χ2v) is 5.28. The molecule has 1 atom stereocenters. The van der Waals surface area contributed by atoms with Crippen LogP contribution in [0.3, 0.4) is 0 Å². The molecule has 1 amide bonds. The first-order chi connectivity index (χ1) is 9.22. The number of aliphatic hydroxyl groups excluding tert-OH is 1. The fourth-order valence-corrected chi connectivity index (χ4v) is 2.25. The fourth-order valence-electron chi connectivity index (χ4n) is 1.47. The largest absolute Gasteiger partial charge is 0.415 e. The number of nitrogens with one attached hydrogen (secondary N) is 1. The first-order valence-corrected chi connectivity index (χ1v) is 6.67. The van der Waals surface area contributed by atoms with Gasteiger partial charge in [-0.3, -0.25) is 9.69 Å². The van der Waals surface area contributed by atoms with Crippen LogP contribution in [0.2, 0.25) is 0 Å². The van der Waals surface area contributed by atoms with Crippen molar-refractivity contribution in [2.24, 2.45) is 0 Å². The number of nitrogens with zero attached hydrogens (tertiary/aromatic N) is 2. The highest BCUT2D eigenvalue weighted by Gasteiger charge is 2.38. The lowest BCUT2D eigenvalue weighted by Crippen LogP contribution is -2.39. The smallest absolute Gasteiger partial charge is 0.382 e. The van der Waals surface area contributed by atoms with E-state index in [0.29, 0.717) is 10.7 Å². The number of carbonyl (C=O) groups excluding carboxylic acids is 1. The van der Waals surface area contributed by atoms with Gasteiger partial charge >= 0.3 is 6.18 Å². The van der Waals surface area contributed by atoms with E-state index in [9.17, 15) is 18.0 Å². The Morgan fingerprint density at radius 1 is 1.60 bits per heavy atom. The molecule has 1 heterocycles. The zero-order chi connectivity index (χ0) is 15.3. The van der Waals surface area contributed by atoms with Crippen molar-refractivity contribution in [3.63, 3.8) is 0 Å². The van der Waals surface area contributed by atoms with E-state index in [-0.39, 0.29) is 18.9 Å². The number of hydrogen-bond donors (Lipinski definition) is 2. The van der Waals surface area contributed by atoms with Gasteiger partial charge in [0, 0.05) is 25.5 Å². The Balaban J connectivity index is 2.50. The molecule has 2 N–H and O–H groups in total. The molecule has 0 saturated carbocycles. The number of aliphatic hydroxyl groups is 1. The summed E-state index contributed by atoms with van der Waals surface area (Å²) in [6, 6.07) is 0. The van der Waals surface area contributed by atoms with Gasteiger partial charge in [0.25, 0.3) is 0 Å². The number of halogens is 3. The average Bonchev–Trinajstić information content (AvgIpc) is 2.74. The Morgan fingerprint density at radius 3 is 2.80 bits per heavy atom. The predicted octanol–water partition coefficient (Wildman–Crippen LogP) is 0.787. The van der Waals surface area contributed by atoms with Crippen molar-refractivity contribution in [1.82, 2.24) is 15.2 Å². The average molecular weight is 311 g/mol. The minimum absolute atomic E-state index is 0.149. The van der Waals surface area contributed by atoms with Crippen LogP contribution in [0.5, 0.6) is 0 Å². The number of aromatic nitrogens is 1. The van der Waals surface area contributed by atoms with Crippen molar-refractivity contribution in [2.45, 2.75) is 25.2 Å². The number of alkyl halides is 3. The zero-order valence-corrected chi connectivity index (χ0v) is 11.9. The number of amides is 1. The summed E-state index contributed by atoms with van der Waals surface area (Å²) < 4.78 is 36.6. The van der Waals surface area contributed by atoms with Gasteiger partial charge in [0.05, 0.1) is 12.1 Å². The Bertz CT molecular complexity index is 450. The summed E-state index contributed by atoms with van der Waals surface area (Å²) in [5, 5.41) is 13.7. The van der Waals surface area contributed by atoms with E-state index >= 15 is 0 Å². The summed E-state index contributed by atoms with van der Waals surface area (Å²) in [6.45, 7) is -0.344. The topological polar surface area (TPSA) is 65.5 Å². The van der Waals surface area contributed by atoms with Crippen molar-refractivity contribution in [2.75, 3.05) is 20.6 Å². The van der Waals surface area contributed by atoms with E-state index in [1.165, 1.54) is 30.3 Å². The van der Waals surface area contributed by atoms with Gasteiger partial charge in [0.2, 0.25) is 5.91 Å². The van der Waals surface area contributed by atoms with E-state index in [2.05, 4.69) is 10.3 Å². The van der Waals surface area contributed by atoms with Crippen LogP contribution in [0, 0.1) is 0 Å². The van der Waals surface area contributed by atoms with Crippen LogP contribution in [0.25, 0.3) is 0 Å². The van der Waals surface area contributed by atoms with E-state index in [0.717, 1.165) is 0 Å². The van der Waals surface area contributed by atoms with Gasteiger partial charge in [-0.15, -0.1) is 11.3 Å². The Morgan fingerprint density at radius 2 is 2.25 bits per heavy atom. The van der Waals surface area contributed by atoms with Crippen LogP contribution in [0.4, 0.5) is 13.2 Å². The summed E-state index contributed by atoms with van der Waals surface area (Å²) in [6.07, 6.45) is -6.85. The van der Waals surface area contributed by atoms with Crippen LogP contribution in [-0.4, -0.2) is 53.8 Å². The quantitative estimate of drug-likeness (QED) is 0.815. The Kier molecular flexibility index (Phi) is 5.90. The molecular formula is C11H16F3N3O2S. The molecule has 0 saturated heterocycles. The SMILES string of the molecule is CNC(=O)Cc1nc(CN(C)CC(O)C(F)(F)F)cs1. The van der Waals surface area contributed by atoms with Gasteiger partial charge < -0.3 is 10.4 Å². The molecule has 1 rings (SSSR count). The van der Waals surface area contributed by atoms with Crippen molar-refractivity contribution in [1.29, 1.82) is 0 Å². The number of likely N-dealkylation sites (N-methyl/N-ethyl adjacent to an activating group) is 2. The maximum atomic E-state index is 12.2. The second-order valence-electron chi connectivity index (χ2n) is 4.34. The van der Waals surface area contributed by atoms with Gasteiger partial charge in [-0.2, -0.15) is 13.2 Å². The van der Waals surface area contributed by atoms with Gasteiger partial charge in [-0.1, -0.05) is 0 Å². The van der Waals surface area contributed by atoms with Gasteiger partial charge in [0.15, 0.2) is 6.10 Å². The van der Waals surface area contributed by atoms with E-state index in [1.54, 1.807) is 5.38 Å². The normalized spacial score (nSPS) is 13.6. The molecule has 0 aliphatic heterocycles. The lowest BCUT2D eigenvalue weighted by molar-refractivity contribution is -0.207. The highest BCUT2D eigenvalue weighted by atomic mass is 32.1. The first kappa shape index (κ1) is 16.9. The Hall–Kier alpha value is -1.19. The Labute approximate surface area is 118 Å². The molecule has 0 fully saturated rings. The molecule has 1 aromatic heterocycles. The van der Waals surface area contributed by atoms with Crippen molar-refractivity contribution in [3.05, 3.63) is 16.1 Å². The first-order valence-electron chi connectivity index (χ1n) is 5.79. The maximum absolute atomic E-state index is 12.2. The van der Waals surface area contributed by atoms with E-state index in [4.69, 9.17) is 5.11 Å². The minimum Gasteiger partial charge on any atom is -0.382 e. The molecular weight excluding hydrogens is 295 g/mol. The van der Waals surface area contributed by atoms with Crippen LogP contribution in [-0.2, 0) is 17.8 Å². The molecule has 0 bridgehead atoms. The third kappa shape index (κ3) is 5.43. The monoisotopic (exact) mass is 311 g/mol. The fraction of sp³-hybridized carbons (Fsp3) is 0.636. The predicted molar refractivity (Wildman–Crippen MR) is 68.3 cm³/mol. The summed E-state index contributed by atoms with van der Waals surface area (Å²) >= 11 is 1.28. The number of hydrogen-bond acceptors (Lipinski definition) is 5. The van der Waals surface area contributed by atoms with Crippen LogP contribution >= 0.6 is 11.3 Å². The molecule has 0 aliphatic rings. The summed E-state index contributed by atoms with van der Waals surface area (Å²) in [5.41, 5.74) is 0.575. The maximum Gasteiger partial charge on any atom is 0.415 e. The molecule has 9 heteroatoms. The second kappa shape index (κ2) is 7.00. The third-order valence-electron chi connectivity index (χ3n) is 2.48. The highest BCUT2D eigenvalue weighted by Crippen LogP contribution is 2.21. The third-order valence-corrected chi connectivity index (χ3v) is 3.38. The van der Waals surface area contributed by atoms with Crippen LogP contribution in [0.1, 0.15) is 10.7 Å². The van der Waals surface area contributed by atoms with Crippen molar-refractivity contribution in [3.8, 4) is 0 Å². The van der Waals surface area contributed by atoms with Crippen molar-refractivity contribution < 1.29 is 23.1 Å². The number of carbonyl (C=O) groups is 1. The molecule has 0 spiro atoms. The summed E-state index contributed by atoms with van der Waals surface area (Å²) in [5.74, 6) is -0.174. The lowest BCUT2D eigenvalue weighted by atomic mass is 10.3. The molecule has 20 heavy (non-hydrogen) atoms. The van der Waals surface area contributed by atoms with E-state index in [1.807, 2.05) is 0 Å². The van der Waals surface area contributed by atoms with Crippen molar-refractivity contribution >= 4 is 17.2 Å². The highest BCUT2D eigenvalue weighted by molar-refractivity contribution is 7.09. The lowest BCUT2D eigenvalue weighted by Gasteiger charge is -2.21. The zero-order valence-electron chi connectivity index (χ0n) is 11.1. The number of thiazole rings is 1.